The van der Waals surface area contributed by atoms with Gasteiger partial charge in [0.2, 0.25) is 0 Å². The summed E-state index contributed by atoms with van der Waals surface area (Å²) in [5.41, 5.74) is 0. The predicted molar refractivity (Wildman–Crippen MR) is 41.5 cm³/mol. The van der Waals surface area contributed by atoms with E-state index < -0.39 is 43.0 Å². The second-order valence-electron chi connectivity index (χ2n) is 1.72. The van der Waals surface area contributed by atoms with Crippen molar-refractivity contribution in [1.82, 2.24) is 0 Å². The third kappa shape index (κ3) is 10.9. The quantitative estimate of drug-likeness (QED) is 0.699. The van der Waals surface area contributed by atoms with Crippen LogP contribution in [0.5, 0.6) is 0 Å². The van der Waals surface area contributed by atoms with Gasteiger partial charge in [-0.15, -0.1) is 0 Å². The molecule has 0 saturated carbocycles. The van der Waals surface area contributed by atoms with Crippen molar-refractivity contribution in [3.63, 3.8) is 0 Å². The van der Waals surface area contributed by atoms with Crippen LogP contribution in [0.1, 0.15) is 0 Å². The van der Waals surface area contributed by atoms with Gasteiger partial charge in [-0.1, -0.05) is 0 Å². The van der Waals surface area contributed by atoms with Crippen molar-refractivity contribution >= 4 is 43.0 Å². The summed E-state index contributed by atoms with van der Waals surface area (Å²) < 4.78 is 46.4. The summed E-state index contributed by atoms with van der Waals surface area (Å²) in [6.45, 7) is 0. The Hall–Kier alpha value is 0.939. The van der Waals surface area contributed by atoms with Crippen LogP contribution in [-0.2, 0) is 15.2 Å². The monoisotopic (exact) mass is 312 g/mol. The first-order valence-corrected chi connectivity index (χ1v) is 8.28. The Kier molecular flexibility index (Phi) is 4.62. The first-order valence-electron chi connectivity index (χ1n) is 2.26. The Morgan fingerprint density at radius 3 is 1.91 bits per heavy atom. The van der Waals surface area contributed by atoms with Crippen LogP contribution in [0.4, 0.5) is 0 Å². The molecule has 0 atom stereocenters. The average molecular weight is 311 g/mol. The summed E-state index contributed by atoms with van der Waals surface area (Å²) in [5.74, 6) is 0. The zero-order chi connectivity index (χ0) is 9.12. The minimum atomic E-state index is -3.50. The van der Waals surface area contributed by atoms with Gasteiger partial charge in [0.25, 0.3) is 0 Å². The maximum atomic E-state index is 10.3. The van der Waals surface area contributed by atoms with E-state index in [0.29, 0.717) is 0 Å². The van der Waals surface area contributed by atoms with Crippen molar-refractivity contribution in [3.8, 4) is 0 Å². The molecule has 0 saturated heterocycles. The number of hydrogen-bond acceptors (Lipinski definition) is 6. The molecule has 0 unspecified atom stereocenters. The van der Waals surface area contributed by atoms with Crippen LogP contribution in [0.25, 0.3) is 0 Å². The molecule has 11 heavy (non-hydrogen) atoms. The Morgan fingerprint density at radius 2 is 1.64 bits per heavy atom. The molecular formula is C2H8O6S2Sn. The van der Waals surface area contributed by atoms with Gasteiger partial charge in [0, 0.05) is 0 Å². The fourth-order valence-corrected chi connectivity index (χ4v) is 3.38. The first-order chi connectivity index (χ1) is 4.71. The molecule has 0 fully saturated rings. The summed E-state index contributed by atoms with van der Waals surface area (Å²) in [6.07, 6.45) is 1.93. The SMILES string of the molecule is CS(O)(O)[O][Sn][O]S(C)(=O)=O. The minimum absolute atomic E-state index is 0.874. The van der Waals surface area contributed by atoms with E-state index in [-0.39, 0.29) is 0 Å². The fraction of sp³-hybridized carbons (Fsp3) is 1.00. The molecule has 0 amide bonds. The van der Waals surface area contributed by atoms with Gasteiger partial charge in [0.05, 0.1) is 0 Å². The van der Waals surface area contributed by atoms with Crippen molar-refractivity contribution in [3.05, 3.63) is 0 Å². The van der Waals surface area contributed by atoms with E-state index in [2.05, 4.69) is 5.04 Å². The van der Waals surface area contributed by atoms with Crippen LogP contribution >= 0.6 is 10.9 Å². The summed E-state index contributed by atoms with van der Waals surface area (Å²) in [7, 11) is -6.57. The van der Waals surface area contributed by atoms with Crippen LogP contribution in [0.15, 0.2) is 0 Å². The third-order valence-corrected chi connectivity index (χ3v) is 7.59. The topological polar surface area (TPSA) is 93.1 Å². The van der Waals surface area contributed by atoms with Crippen LogP contribution < -0.4 is 0 Å². The Balaban J connectivity index is 3.61. The van der Waals surface area contributed by atoms with E-state index in [9.17, 15) is 8.42 Å². The molecule has 0 heterocycles. The van der Waals surface area contributed by atoms with E-state index >= 15 is 0 Å². The van der Waals surface area contributed by atoms with E-state index in [1.165, 1.54) is 0 Å². The zero-order valence-corrected chi connectivity index (χ0v) is 10.3. The molecular weight excluding hydrogens is 303 g/mol. The molecule has 0 aromatic heterocycles. The molecule has 2 N–H and O–H groups in total. The Bertz CT molecular complexity index is 203. The van der Waals surface area contributed by atoms with Gasteiger partial charge in [-0.05, 0) is 0 Å². The van der Waals surface area contributed by atoms with Gasteiger partial charge in [-0.25, -0.2) is 0 Å². The van der Waals surface area contributed by atoms with Crippen molar-refractivity contribution in [2.24, 2.45) is 0 Å². The molecule has 0 rings (SSSR count). The summed E-state index contributed by atoms with van der Waals surface area (Å²) in [5, 5.41) is 0. The van der Waals surface area contributed by atoms with Gasteiger partial charge in [0.15, 0.2) is 0 Å². The van der Waals surface area contributed by atoms with E-state index in [1.807, 2.05) is 0 Å². The number of rotatable bonds is 4. The van der Waals surface area contributed by atoms with Gasteiger partial charge >= 0.3 is 78.0 Å². The molecule has 0 aliphatic heterocycles. The molecule has 0 aromatic carbocycles. The van der Waals surface area contributed by atoms with Gasteiger partial charge in [-0.2, -0.15) is 0 Å². The van der Waals surface area contributed by atoms with Crippen LogP contribution in [0.2, 0.25) is 0 Å². The number of hydrogen-bond donors (Lipinski definition) is 2. The normalized spacial score (nSPS) is 14.9. The second-order valence-corrected chi connectivity index (χ2v) is 8.31. The van der Waals surface area contributed by atoms with Crippen molar-refractivity contribution in [1.29, 1.82) is 0 Å². The second kappa shape index (κ2) is 4.25. The predicted octanol–water partition coefficient (Wildman–Crippen LogP) is -0.191. The average Bonchev–Trinajstić information content (AvgIpc) is 1.55. The molecule has 0 aromatic rings. The van der Waals surface area contributed by atoms with Gasteiger partial charge in [-0.3, -0.25) is 0 Å². The van der Waals surface area contributed by atoms with Crippen LogP contribution in [0, 0.1) is 0 Å². The molecule has 68 valence electrons. The first kappa shape index (κ1) is 11.9. The van der Waals surface area contributed by atoms with Crippen molar-refractivity contribution in [2.75, 3.05) is 12.5 Å². The van der Waals surface area contributed by atoms with Crippen molar-refractivity contribution < 1.29 is 22.6 Å². The standard InChI is InChI=1S/CH6O3S.CH4O3S.Sn/c2*1-5(2,3)4;/h2-4H,1H3;1H3,(H,2,3,4);/q;;+2/p-2. The molecule has 2 radical (unpaired) electrons. The third-order valence-electron chi connectivity index (χ3n) is 0.377. The molecule has 6 nitrogen and oxygen atoms in total. The van der Waals surface area contributed by atoms with Gasteiger partial charge in [0.1, 0.15) is 0 Å². The maximum absolute atomic E-state index is 10.3. The van der Waals surface area contributed by atoms with Gasteiger partial charge < -0.3 is 0 Å². The summed E-state index contributed by atoms with van der Waals surface area (Å²) in [4.78, 5) is 0. The Morgan fingerprint density at radius 1 is 1.18 bits per heavy atom. The Labute approximate surface area is 77.9 Å². The molecule has 0 bridgehead atoms. The van der Waals surface area contributed by atoms with E-state index in [1.54, 1.807) is 0 Å². The molecule has 0 aliphatic rings. The van der Waals surface area contributed by atoms with Crippen LogP contribution in [0.3, 0.4) is 0 Å². The van der Waals surface area contributed by atoms with Crippen LogP contribution in [-0.4, -0.2) is 52.0 Å². The summed E-state index contributed by atoms with van der Waals surface area (Å²) >= 11 is -2.11. The molecule has 9 heteroatoms. The molecule has 0 aliphatic carbocycles. The zero-order valence-electron chi connectivity index (χ0n) is 5.84. The molecule has 0 spiro atoms. The van der Waals surface area contributed by atoms with Crippen molar-refractivity contribution in [2.45, 2.75) is 0 Å². The fourth-order valence-electron chi connectivity index (χ4n) is 0.140. The summed E-state index contributed by atoms with van der Waals surface area (Å²) in [6, 6.07) is 0. The van der Waals surface area contributed by atoms with E-state index in [0.717, 1.165) is 12.5 Å². The van der Waals surface area contributed by atoms with E-state index in [4.69, 9.17) is 9.11 Å².